The molecule has 0 aliphatic carbocycles. The zero-order chi connectivity index (χ0) is 20.6. The average Bonchev–Trinajstić information content (AvgIpc) is 3.17. The molecule has 3 rings (SSSR count). The molecule has 0 saturated carbocycles. The number of aromatic nitrogens is 5. The molecule has 0 spiro atoms. The van der Waals surface area contributed by atoms with Crippen molar-refractivity contribution in [2.45, 2.75) is 20.4 Å². The first-order valence-corrected chi connectivity index (χ1v) is 8.95. The fourth-order valence-electron chi connectivity index (χ4n) is 2.53. The molecule has 146 valence electrons. The van der Waals surface area contributed by atoms with E-state index in [2.05, 4.69) is 36.9 Å². The van der Waals surface area contributed by atoms with Crippen LogP contribution in [0.15, 0.2) is 73.0 Å². The third kappa shape index (κ3) is 5.52. The van der Waals surface area contributed by atoms with Crippen LogP contribution in [0.2, 0.25) is 0 Å². The van der Waals surface area contributed by atoms with Crippen molar-refractivity contribution in [3.8, 4) is 11.3 Å². The second-order valence-electron chi connectivity index (χ2n) is 6.34. The molecule has 0 saturated heterocycles. The minimum atomic E-state index is -0.233. The van der Waals surface area contributed by atoms with Crippen molar-refractivity contribution in [2.24, 2.45) is 4.99 Å². The van der Waals surface area contributed by atoms with Crippen molar-refractivity contribution in [3.05, 3.63) is 73.6 Å². The van der Waals surface area contributed by atoms with E-state index in [1.807, 2.05) is 19.9 Å². The average molecular weight is 387 g/mol. The molecule has 1 N–H and O–H groups in total. The molecule has 0 aliphatic rings. The standard InChI is InChI=1S/C21H21N7O/c1-4-5-18(26-15(2)3)17-11-25-28(13-17)14-21(29)27-20-7-6-16(10-24-20)19-12-22-8-9-23-19/h4-13H,1,14H2,2-3H3,(H,24,27,29)/b18-5-. The van der Waals surface area contributed by atoms with Gasteiger partial charge in [0.2, 0.25) is 5.91 Å². The minimum absolute atomic E-state index is 0.0593. The highest BCUT2D eigenvalue weighted by molar-refractivity contribution is 5.90. The van der Waals surface area contributed by atoms with Crippen LogP contribution in [0.4, 0.5) is 5.82 Å². The van der Waals surface area contributed by atoms with Crippen molar-refractivity contribution in [1.29, 1.82) is 0 Å². The smallest absolute Gasteiger partial charge is 0.247 e. The highest BCUT2D eigenvalue weighted by atomic mass is 16.2. The van der Waals surface area contributed by atoms with Crippen LogP contribution in [0.1, 0.15) is 19.4 Å². The number of nitrogens with zero attached hydrogens (tertiary/aromatic N) is 6. The molecule has 0 radical (unpaired) electrons. The molecule has 8 heteroatoms. The SMILES string of the molecule is C=C/C=C(\N=C(C)C)c1cnn(CC(=O)Nc2ccc(-c3cnccn3)cn2)c1. The molecule has 3 heterocycles. The van der Waals surface area contributed by atoms with E-state index in [4.69, 9.17) is 0 Å². The van der Waals surface area contributed by atoms with Crippen molar-refractivity contribution in [2.75, 3.05) is 5.32 Å². The maximum absolute atomic E-state index is 12.3. The highest BCUT2D eigenvalue weighted by Crippen LogP contribution is 2.17. The van der Waals surface area contributed by atoms with Gasteiger partial charge in [0.25, 0.3) is 0 Å². The molecule has 0 atom stereocenters. The van der Waals surface area contributed by atoms with E-state index in [1.54, 1.807) is 60.1 Å². The lowest BCUT2D eigenvalue weighted by Gasteiger charge is -2.06. The molecule has 1 amide bonds. The third-order valence-corrected chi connectivity index (χ3v) is 3.74. The van der Waals surface area contributed by atoms with E-state index in [-0.39, 0.29) is 12.5 Å². The summed E-state index contributed by atoms with van der Waals surface area (Å²) < 4.78 is 1.55. The van der Waals surface area contributed by atoms with Gasteiger partial charge in [0, 0.05) is 41.6 Å². The zero-order valence-electron chi connectivity index (χ0n) is 16.3. The van der Waals surface area contributed by atoms with Crippen LogP contribution in [-0.2, 0) is 11.3 Å². The number of anilines is 1. The number of pyridine rings is 1. The Kier molecular flexibility index (Phi) is 6.36. The summed E-state index contributed by atoms with van der Waals surface area (Å²) in [4.78, 5) is 29.3. The van der Waals surface area contributed by atoms with E-state index in [0.29, 0.717) is 5.82 Å². The summed E-state index contributed by atoms with van der Waals surface area (Å²) in [5, 5.41) is 7.00. The van der Waals surface area contributed by atoms with Gasteiger partial charge in [-0.05, 0) is 32.1 Å². The maximum Gasteiger partial charge on any atom is 0.247 e. The van der Waals surface area contributed by atoms with E-state index in [0.717, 1.165) is 28.2 Å². The number of aliphatic imine (C=N–C) groups is 1. The quantitative estimate of drug-likeness (QED) is 0.495. The summed E-state index contributed by atoms with van der Waals surface area (Å²) in [5.74, 6) is 0.220. The molecule has 0 aliphatic heterocycles. The third-order valence-electron chi connectivity index (χ3n) is 3.74. The lowest BCUT2D eigenvalue weighted by Crippen LogP contribution is -2.19. The summed E-state index contributed by atoms with van der Waals surface area (Å²) in [6.45, 7) is 7.60. The summed E-state index contributed by atoms with van der Waals surface area (Å²) in [6.07, 6.45) is 13.4. The van der Waals surface area contributed by atoms with Gasteiger partial charge >= 0.3 is 0 Å². The Morgan fingerprint density at radius 2 is 2.07 bits per heavy atom. The summed E-state index contributed by atoms with van der Waals surface area (Å²) in [5.41, 5.74) is 4.01. The first kappa shape index (κ1) is 19.8. The number of hydrogen-bond donors (Lipinski definition) is 1. The predicted molar refractivity (Wildman–Crippen MR) is 113 cm³/mol. The maximum atomic E-state index is 12.3. The number of amides is 1. The Bertz CT molecular complexity index is 1050. The van der Waals surface area contributed by atoms with Gasteiger partial charge < -0.3 is 5.32 Å². The lowest BCUT2D eigenvalue weighted by molar-refractivity contribution is -0.116. The van der Waals surface area contributed by atoms with Crippen LogP contribution in [0, 0.1) is 0 Å². The Labute approximate surface area is 168 Å². The van der Waals surface area contributed by atoms with Gasteiger partial charge in [-0.15, -0.1) is 0 Å². The molecule has 29 heavy (non-hydrogen) atoms. The van der Waals surface area contributed by atoms with Crippen LogP contribution >= 0.6 is 0 Å². The molecule has 0 bridgehead atoms. The molecular weight excluding hydrogens is 366 g/mol. The monoisotopic (exact) mass is 387 g/mol. The number of rotatable bonds is 7. The topological polar surface area (TPSA) is 98.0 Å². The number of allylic oxidation sites excluding steroid dienone is 2. The first-order chi connectivity index (χ1) is 14.0. The van der Waals surface area contributed by atoms with Crippen LogP contribution < -0.4 is 5.32 Å². The molecule has 0 aromatic carbocycles. The van der Waals surface area contributed by atoms with Crippen molar-refractivity contribution in [3.63, 3.8) is 0 Å². The van der Waals surface area contributed by atoms with Gasteiger partial charge in [0.1, 0.15) is 12.4 Å². The van der Waals surface area contributed by atoms with E-state index < -0.39 is 0 Å². The lowest BCUT2D eigenvalue weighted by atomic mass is 10.2. The molecule has 0 fully saturated rings. The highest BCUT2D eigenvalue weighted by Gasteiger charge is 2.09. The molecule has 3 aromatic heterocycles. The van der Waals surface area contributed by atoms with E-state index in [1.165, 1.54) is 0 Å². The van der Waals surface area contributed by atoms with Crippen molar-refractivity contribution >= 4 is 23.1 Å². The first-order valence-electron chi connectivity index (χ1n) is 8.95. The largest absolute Gasteiger partial charge is 0.309 e. The second-order valence-corrected chi connectivity index (χ2v) is 6.34. The Morgan fingerprint density at radius 3 is 2.72 bits per heavy atom. The summed E-state index contributed by atoms with van der Waals surface area (Å²) >= 11 is 0. The number of nitrogens with one attached hydrogen (secondary N) is 1. The Balaban J connectivity index is 1.64. The normalized spacial score (nSPS) is 11.0. The van der Waals surface area contributed by atoms with Gasteiger partial charge in [0.05, 0.1) is 23.8 Å². The summed E-state index contributed by atoms with van der Waals surface area (Å²) in [7, 11) is 0. The van der Waals surface area contributed by atoms with Gasteiger partial charge in [-0.3, -0.25) is 24.4 Å². The van der Waals surface area contributed by atoms with Gasteiger partial charge in [0.15, 0.2) is 0 Å². The molecule has 8 nitrogen and oxygen atoms in total. The minimum Gasteiger partial charge on any atom is -0.309 e. The van der Waals surface area contributed by atoms with E-state index in [9.17, 15) is 4.79 Å². The van der Waals surface area contributed by atoms with Gasteiger partial charge in [-0.2, -0.15) is 5.10 Å². The van der Waals surface area contributed by atoms with Crippen molar-refractivity contribution in [1.82, 2.24) is 24.7 Å². The number of hydrogen-bond acceptors (Lipinski definition) is 6. The van der Waals surface area contributed by atoms with Gasteiger partial charge in [-0.1, -0.05) is 12.7 Å². The number of carbonyl (C=O) groups excluding carboxylic acids is 1. The Morgan fingerprint density at radius 1 is 1.21 bits per heavy atom. The van der Waals surface area contributed by atoms with E-state index >= 15 is 0 Å². The second kappa shape index (κ2) is 9.32. The Hall–Kier alpha value is -3.94. The fourth-order valence-corrected chi connectivity index (χ4v) is 2.53. The number of carbonyl (C=O) groups is 1. The predicted octanol–water partition coefficient (Wildman–Crippen LogP) is 3.38. The van der Waals surface area contributed by atoms with Crippen LogP contribution in [0.25, 0.3) is 17.0 Å². The van der Waals surface area contributed by atoms with Crippen molar-refractivity contribution < 1.29 is 4.79 Å². The van der Waals surface area contributed by atoms with Crippen LogP contribution in [0.5, 0.6) is 0 Å². The van der Waals surface area contributed by atoms with Crippen LogP contribution in [0.3, 0.4) is 0 Å². The molecule has 3 aromatic rings. The van der Waals surface area contributed by atoms with Crippen LogP contribution in [-0.4, -0.2) is 36.4 Å². The molecular formula is C21H21N7O. The fraction of sp³-hybridized carbons (Fsp3) is 0.143. The van der Waals surface area contributed by atoms with Gasteiger partial charge in [-0.25, -0.2) is 4.98 Å². The zero-order valence-corrected chi connectivity index (χ0v) is 16.3. The summed E-state index contributed by atoms with van der Waals surface area (Å²) in [6, 6.07) is 3.55. The molecule has 0 unspecified atom stereocenters.